The second-order valence-electron chi connectivity index (χ2n) is 4.67. The molecule has 1 aromatic heterocycles. The number of hydrogen-bond donors (Lipinski definition) is 2. The highest BCUT2D eigenvalue weighted by atomic mass is 16.5. The number of oxazole rings is 1. The summed E-state index contributed by atoms with van der Waals surface area (Å²) in [6.07, 6.45) is 5.10. The zero-order valence-electron chi connectivity index (χ0n) is 11.7. The molecule has 0 aliphatic carbocycles. The van der Waals surface area contributed by atoms with Crippen molar-refractivity contribution in [2.45, 2.75) is 18.9 Å². The summed E-state index contributed by atoms with van der Waals surface area (Å²) in [5, 5.41) is 3.47. The van der Waals surface area contributed by atoms with Crippen molar-refractivity contribution >= 4 is 5.69 Å². The zero-order valence-corrected chi connectivity index (χ0v) is 11.7. The standard InChI is InChI=1S/C15H21N3O2/c1-19-10-14(6-3-7-16)18-13-5-2-4-12(8-13)15-9-17-11-20-15/h2,4-5,8-9,11,14,18H,3,6-7,10,16H2,1H3. The topological polar surface area (TPSA) is 73.3 Å². The largest absolute Gasteiger partial charge is 0.444 e. The number of nitrogens with zero attached hydrogens (tertiary/aromatic N) is 1. The van der Waals surface area contributed by atoms with Gasteiger partial charge in [-0.3, -0.25) is 0 Å². The molecule has 1 unspecified atom stereocenters. The molecule has 2 aromatic rings. The van der Waals surface area contributed by atoms with E-state index in [4.69, 9.17) is 14.9 Å². The van der Waals surface area contributed by atoms with Crippen LogP contribution in [0, 0.1) is 0 Å². The molecule has 0 aliphatic heterocycles. The van der Waals surface area contributed by atoms with Crippen molar-refractivity contribution in [3.63, 3.8) is 0 Å². The second-order valence-corrected chi connectivity index (χ2v) is 4.67. The monoisotopic (exact) mass is 275 g/mol. The van der Waals surface area contributed by atoms with E-state index in [1.165, 1.54) is 6.39 Å². The van der Waals surface area contributed by atoms with Crippen LogP contribution in [-0.4, -0.2) is 31.3 Å². The molecule has 5 nitrogen and oxygen atoms in total. The number of aromatic nitrogens is 1. The lowest BCUT2D eigenvalue weighted by atomic mass is 10.1. The number of hydrogen-bond acceptors (Lipinski definition) is 5. The van der Waals surface area contributed by atoms with Crippen molar-refractivity contribution in [3.05, 3.63) is 36.9 Å². The van der Waals surface area contributed by atoms with Crippen molar-refractivity contribution < 1.29 is 9.15 Å². The third-order valence-corrected chi connectivity index (χ3v) is 3.07. The number of nitrogens with one attached hydrogen (secondary N) is 1. The van der Waals surface area contributed by atoms with E-state index in [0.29, 0.717) is 13.2 Å². The molecule has 0 aliphatic rings. The fourth-order valence-corrected chi connectivity index (χ4v) is 2.12. The summed E-state index contributed by atoms with van der Waals surface area (Å²) in [6.45, 7) is 1.35. The molecule has 2 rings (SSSR count). The normalized spacial score (nSPS) is 12.3. The van der Waals surface area contributed by atoms with Crippen LogP contribution in [0.5, 0.6) is 0 Å². The van der Waals surface area contributed by atoms with Crippen LogP contribution in [0.2, 0.25) is 0 Å². The molecule has 0 amide bonds. The molecule has 20 heavy (non-hydrogen) atoms. The zero-order chi connectivity index (χ0) is 14.2. The summed E-state index contributed by atoms with van der Waals surface area (Å²) >= 11 is 0. The molecule has 108 valence electrons. The van der Waals surface area contributed by atoms with Crippen LogP contribution in [0.3, 0.4) is 0 Å². The minimum atomic E-state index is 0.258. The van der Waals surface area contributed by atoms with Gasteiger partial charge >= 0.3 is 0 Å². The number of anilines is 1. The molecule has 5 heteroatoms. The van der Waals surface area contributed by atoms with E-state index in [0.717, 1.165) is 29.9 Å². The summed E-state index contributed by atoms with van der Waals surface area (Å²) in [5.74, 6) is 0.763. The van der Waals surface area contributed by atoms with E-state index in [1.54, 1.807) is 13.3 Å². The third kappa shape index (κ3) is 4.08. The maximum atomic E-state index is 5.57. The van der Waals surface area contributed by atoms with Crippen LogP contribution in [-0.2, 0) is 4.74 Å². The Morgan fingerprint density at radius 3 is 3.05 bits per heavy atom. The van der Waals surface area contributed by atoms with Gasteiger partial charge in [-0.25, -0.2) is 4.98 Å². The average Bonchev–Trinajstić information content (AvgIpc) is 2.99. The van der Waals surface area contributed by atoms with Gasteiger partial charge in [-0.05, 0) is 31.5 Å². The van der Waals surface area contributed by atoms with Gasteiger partial charge in [-0.15, -0.1) is 0 Å². The average molecular weight is 275 g/mol. The van der Waals surface area contributed by atoms with Gasteiger partial charge in [-0.2, -0.15) is 0 Å². The molecule has 1 heterocycles. The van der Waals surface area contributed by atoms with Gasteiger partial charge in [0.15, 0.2) is 12.2 Å². The van der Waals surface area contributed by atoms with E-state index < -0.39 is 0 Å². The van der Waals surface area contributed by atoms with E-state index in [1.807, 2.05) is 24.3 Å². The van der Waals surface area contributed by atoms with Gasteiger partial charge in [0, 0.05) is 24.4 Å². The first-order valence-electron chi connectivity index (χ1n) is 6.78. The van der Waals surface area contributed by atoms with Crippen LogP contribution in [0.1, 0.15) is 12.8 Å². The van der Waals surface area contributed by atoms with Gasteiger partial charge in [0.2, 0.25) is 0 Å². The van der Waals surface area contributed by atoms with Crippen LogP contribution >= 0.6 is 0 Å². The Balaban J connectivity index is 2.05. The molecule has 1 atom stereocenters. The predicted octanol–water partition coefficient (Wildman–Crippen LogP) is 2.51. The fourth-order valence-electron chi connectivity index (χ4n) is 2.12. The van der Waals surface area contributed by atoms with Crippen LogP contribution in [0.4, 0.5) is 5.69 Å². The molecule has 0 saturated carbocycles. The van der Waals surface area contributed by atoms with Crippen molar-refractivity contribution in [1.29, 1.82) is 0 Å². The molecular formula is C15H21N3O2. The Kier molecular flexibility index (Phi) is 5.58. The van der Waals surface area contributed by atoms with Crippen molar-refractivity contribution in [1.82, 2.24) is 4.98 Å². The molecule has 3 N–H and O–H groups in total. The number of rotatable bonds is 8. The first kappa shape index (κ1) is 14.6. The number of ether oxygens (including phenoxy) is 1. The van der Waals surface area contributed by atoms with Crippen molar-refractivity contribution in [3.8, 4) is 11.3 Å². The van der Waals surface area contributed by atoms with Crippen LogP contribution in [0.25, 0.3) is 11.3 Å². The quantitative estimate of drug-likeness (QED) is 0.774. The van der Waals surface area contributed by atoms with Crippen molar-refractivity contribution in [2.75, 3.05) is 25.6 Å². The van der Waals surface area contributed by atoms with Gasteiger partial charge in [0.25, 0.3) is 0 Å². The Hall–Kier alpha value is -1.85. The third-order valence-electron chi connectivity index (χ3n) is 3.07. The van der Waals surface area contributed by atoms with Gasteiger partial charge < -0.3 is 20.2 Å². The molecule has 0 radical (unpaired) electrons. The Morgan fingerprint density at radius 2 is 2.35 bits per heavy atom. The summed E-state index contributed by atoms with van der Waals surface area (Å²) in [6, 6.07) is 8.33. The highest BCUT2D eigenvalue weighted by Crippen LogP contribution is 2.22. The van der Waals surface area contributed by atoms with E-state index >= 15 is 0 Å². The molecule has 0 spiro atoms. The summed E-state index contributed by atoms with van der Waals surface area (Å²) < 4.78 is 10.6. The molecule has 0 fully saturated rings. The predicted molar refractivity (Wildman–Crippen MR) is 79.5 cm³/mol. The molecular weight excluding hydrogens is 254 g/mol. The SMILES string of the molecule is COCC(CCCN)Nc1cccc(-c2cnco2)c1. The lowest BCUT2D eigenvalue weighted by Gasteiger charge is -2.19. The fraction of sp³-hybridized carbons (Fsp3) is 0.400. The maximum Gasteiger partial charge on any atom is 0.181 e. The lowest BCUT2D eigenvalue weighted by molar-refractivity contribution is 0.182. The summed E-state index contributed by atoms with van der Waals surface area (Å²) in [5.41, 5.74) is 7.61. The summed E-state index contributed by atoms with van der Waals surface area (Å²) in [4.78, 5) is 3.94. The minimum absolute atomic E-state index is 0.258. The smallest absolute Gasteiger partial charge is 0.181 e. The number of benzene rings is 1. The second kappa shape index (κ2) is 7.67. The minimum Gasteiger partial charge on any atom is -0.444 e. The van der Waals surface area contributed by atoms with Crippen molar-refractivity contribution in [2.24, 2.45) is 5.73 Å². The molecule has 1 aromatic carbocycles. The van der Waals surface area contributed by atoms with Crippen LogP contribution in [0.15, 0.2) is 41.3 Å². The highest BCUT2D eigenvalue weighted by Gasteiger charge is 2.09. The van der Waals surface area contributed by atoms with E-state index in [-0.39, 0.29) is 6.04 Å². The molecule has 0 saturated heterocycles. The first-order valence-corrected chi connectivity index (χ1v) is 6.78. The van der Waals surface area contributed by atoms with Gasteiger partial charge in [0.1, 0.15) is 0 Å². The van der Waals surface area contributed by atoms with E-state index in [9.17, 15) is 0 Å². The number of nitrogens with two attached hydrogens (primary N) is 1. The van der Waals surface area contributed by atoms with Crippen LogP contribution < -0.4 is 11.1 Å². The molecule has 0 bridgehead atoms. The maximum absolute atomic E-state index is 5.57. The van der Waals surface area contributed by atoms with Gasteiger partial charge in [0.05, 0.1) is 12.8 Å². The highest BCUT2D eigenvalue weighted by molar-refractivity contribution is 5.63. The lowest BCUT2D eigenvalue weighted by Crippen LogP contribution is -2.25. The Morgan fingerprint density at radius 1 is 1.45 bits per heavy atom. The Bertz CT molecular complexity index is 500. The Labute approximate surface area is 119 Å². The number of methoxy groups -OCH3 is 1. The van der Waals surface area contributed by atoms with E-state index in [2.05, 4.69) is 10.3 Å². The van der Waals surface area contributed by atoms with Gasteiger partial charge in [-0.1, -0.05) is 12.1 Å². The summed E-state index contributed by atoms with van der Waals surface area (Å²) in [7, 11) is 1.71. The first-order chi connectivity index (χ1) is 9.83.